The van der Waals surface area contributed by atoms with Crippen LogP contribution in [0.25, 0.3) is 0 Å². The lowest BCUT2D eigenvalue weighted by molar-refractivity contribution is 0.471. The minimum Gasteiger partial charge on any atom is -0.316 e. The van der Waals surface area contributed by atoms with Gasteiger partial charge in [-0.15, -0.1) is 0 Å². The zero-order valence-electron chi connectivity index (χ0n) is 12.1. The summed E-state index contributed by atoms with van der Waals surface area (Å²) in [5, 5.41) is 7.73. The molecule has 1 heterocycles. The van der Waals surface area contributed by atoms with Gasteiger partial charge >= 0.3 is 0 Å². The molecule has 0 spiro atoms. The summed E-state index contributed by atoms with van der Waals surface area (Å²) in [6.45, 7) is 6.53. The lowest BCUT2D eigenvalue weighted by Gasteiger charge is -2.25. The number of aromatic nitrogens is 2. The van der Waals surface area contributed by atoms with E-state index in [1.54, 1.807) is 0 Å². The molecular formula is C16H23N3. The average Bonchev–Trinajstić information content (AvgIpc) is 2.82. The molecule has 0 saturated carbocycles. The Morgan fingerprint density at radius 2 is 1.95 bits per heavy atom. The number of nitrogens with one attached hydrogen (secondary N) is 1. The normalized spacial score (nSPS) is 11.7. The van der Waals surface area contributed by atoms with Crippen LogP contribution in [-0.4, -0.2) is 22.9 Å². The van der Waals surface area contributed by atoms with Crippen molar-refractivity contribution in [3.8, 4) is 0 Å². The van der Waals surface area contributed by atoms with Crippen LogP contribution in [0.4, 0.5) is 0 Å². The molecule has 2 rings (SSSR count). The van der Waals surface area contributed by atoms with E-state index in [9.17, 15) is 0 Å². The first-order valence-electron chi connectivity index (χ1n) is 6.82. The van der Waals surface area contributed by atoms with Crippen molar-refractivity contribution in [3.63, 3.8) is 0 Å². The first-order chi connectivity index (χ1) is 9.08. The van der Waals surface area contributed by atoms with Gasteiger partial charge in [0.25, 0.3) is 0 Å². The van der Waals surface area contributed by atoms with E-state index < -0.39 is 0 Å². The zero-order chi connectivity index (χ0) is 13.7. The molecule has 0 bridgehead atoms. The van der Waals surface area contributed by atoms with E-state index in [1.165, 1.54) is 11.1 Å². The number of benzene rings is 1. The maximum atomic E-state index is 4.18. The Hall–Kier alpha value is -1.61. The van der Waals surface area contributed by atoms with Crippen molar-refractivity contribution in [3.05, 3.63) is 53.9 Å². The minimum atomic E-state index is 0.163. The van der Waals surface area contributed by atoms with Gasteiger partial charge in [0.15, 0.2) is 0 Å². The monoisotopic (exact) mass is 257 g/mol. The van der Waals surface area contributed by atoms with E-state index in [4.69, 9.17) is 0 Å². The summed E-state index contributed by atoms with van der Waals surface area (Å²) in [4.78, 5) is 0. The SMILES string of the molecule is Cn1cc(CCNCC(C)(C)c2ccccc2)cn1. The summed E-state index contributed by atoms with van der Waals surface area (Å²) in [5.74, 6) is 0. The van der Waals surface area contributed by atoms with Crippen LogP contribution < -0.4 is 5.32 Å². The van der Waals surface area contributed by atoms with Crippen molar-refractivity contribution < 1.29 is 0 Å². The van der Waals surface area contributed by atoms with Crippen molar-refractivity contribution in [2.45, 2.75) is 25.7 Å². The molecule has 0 unspecified atom stereocenters. The highest BCUT2D eigenvalue weighted by Crippen LogP contribution is 2.21. The second-order valence-corrected chi connectivity index (χ2v) is 5.70. The molecule has 0 aliphatic carbocycles. The highest BCUT2D eigenvalue weighted by atomic mass is 15.2. The van der Waals surface area contributed by atoms with Gasteiger partial charge in [-0.3, -0.25) is 4.68 Å². The molecule has 1 N–H and O–H groups in total. The number of rotatable bonds is 6. The van der Waals surface area contributed by atoms with Crippen molar-refractivity contribution >= 4 is 0 Å². The maximum absolute atomic E-state index is 4.18. The van der Waals surface area contributed by atoms with E-state index in [0.717, 1.165) is 19.5 Å². The van der Waals surface area contributed by atoms with Gasteiger partial charge in [-0.05, 0) is 24.1 Å². The molecule has 0 saturated heterocycles. The summed E-state index contributed by atoms with van der Waals surface area (Å²) < 4.78 is 1.85. The molecule has 2 aromatic rings. The highest BCUT2D eigenvalue weighted by Gasteiger charge is 2.19. The summed E-state index contributed by atoms with van der Waals surface area (Å²) >= 11 is 0. The summed E-state index contributed by atoms with van der Waals surface area (Å²) in [5.41, 5.74) is 2.83. The molecule has 0 radical (unpaired) electrons. The predicted molar refractivity (Wildman–Crippen MR) is 79.2 cm³/mol. The lowest BCUT2D eigenvalue weighted by Crippen LogP contribution is -2.34. The molecule has 1 aromatic carbocycles. The van der Waals surface area contributed by atoms with Crippen LogP contribution in [0.3, 0.4) is 0 Å². The van der Waals surface area contributed by atoms with Crippen LogP contribution in [-0.2, 0) is 18.9 Å². The quantitative estimate of drug-likeness (QED) is 0.806. The van der Waals surface area contributed by atoms with Crippen LogP contribution in [0.1, 0.15) is 25.0 Å². The largest absolute Gasteiger partial charge is 0.316 e. The number of nitrogens with zero attached hydrogens (tertiary/aromatic N) is 2. The Kier molecular flexibility index (Phi) is 4.38. The standard InChI is InChI=1S/C16H23N3/c1-16(2,15-7-5-4-6-8-15)13-17-10-9-14-11-18-19(3)12-14/h4-8,11-12,17H,9-10,13H2,1-3H3. The van der Waals surface area contributed by atoms with Gasteiger partial charge < -0.3 is 5.32 Å². The third-order valence-corrected chi connectivity index (χ3v) is 3.47. The fourth-order valence-electron chi connectivity index (χ4n) is 2.23. The summed E-state index contributed by atoms with van der Waals surface area (Å²) in [6, 6.07) is 10.7. The van der Waals surface area contributed by atoms with Crippen LogP contribution in [0.15, 0.2) is 42.7 Å². The van der Waals surface area contributed by atoms with E-state index >= 15 is 0 Å². The highest BCUT2D eigenvalue weighted by molar-refractivity contribution is 5.23. The fourth-order valence-corrected chi connectivity index (χ4v) is 2.23. The van der Waals surface area contributed by atoms with Crippen LogP contribution in [0.5, 0.6) is 0 Å². The van der Waals surface area contributed by atoms with Gasteiger partial charge in [0.05, 0.1) is 6.20 Å². The molecule has 102 valence electrons. The summed E-state index contributed by atoms with van der Waals surface area (Å²) in [7, 11) is 1.95. The molecular weight excluding hydrogens is 234 g/mol. The molecule has 3 nitrogen and oxygen atoms in total. The van der Waals surface area contributed by atoms with Gasteiger partial charge in [-0.25, -0.2) is 0 Å². The van der Waals surface area contributed by atoms with Crippen molar-refractivity contribution in [2.75, 3.05) is 13.1 Å². The Morgan fingerprint density at radius 3 is 2.58 bits per heavy atom. The minimum absolute atomic E-state index is 0.163. The van der Waals surface area contributed by atoms with Crippen LogP contribution >= 0.6 is 0 Å². The fraction of sp³-hybridized carbons (Fsp3) is 0.438. The number of aryl methyl sites for hydroxylation is 1. The number of hydrogen-bond donors (Lipinski definition) is 1. The average molecular weight is 257 g/mol. The molecule has 0 atom stereocenters. The molecule has 19 heavy (non-hydrogen) atoms. The van der Waals surface area contributed by atoms with Crippen molar-refractivity contribution in [2.24, 2.45) is 7.05 Å². The molecule has 1 aromatic heterocycles. The Labute approximate surface area is 115 Å². The Morgan fingerprint density at radius 1 is 1.21 bits per heavy atom. The van der Waals surface area contributed by atoms with E-state index in [-0.39, 0.29) is 5.41 Å². The van der Waals surface area contributed by atoms with Crippen LogP contribution in [0.2, 0.25) is 0 Å². The molecule has 3 heteroatoms. The maximum Gasteiger partial charge on any atom is 0.0522 e. The van der Waals surface area contributed by atoms with Gasteiger partial charge in [-0.2, -0.15) is 5.10 Å². The van der Waals surface area contributed by atoms with E-state index in [2.05, 4.69) is 60.8 Å². The first kappa shape index (κ1) is 13.8. The molecule has 0 fully saturated rings. The zero-order valence-corrected chi connectivity index (χ0v) is 12.1. The smallest absolute Gasteiger partial charge is 0.0522 e. The van der Waals surface area contributed by atoms with Crippen molar-refractivity contribution in [1.82, 2.24) is 15.1 Å². The lowest BCUT2D eigenvalue weighted by atomic mass is 9.84. The van der Waals surface area contributed by atoms with Gasteiger partial charge in [-0.1, -0.05) is 44.2 Å². The van der Waals surface area contributed by atoms with E-state index in [1.807, 2.05) is 17.9 Å². The molecule has 0 amide bonds. The third-order valence-electron chi connectivity index (χ3n) is 3.47. The number of hydrogen-bond acceptors (Lipinski definition) is 2. The van der Waals surface area contributed by atoms with Gasteiger partial charge in [0.1, 0.15) is 0 Å². The topological polar surface area (TPSA) is 29.9 Å². The predicted octanol–water partition coefficient (Wildman–Crippen LogP) is 2.53. The second-order valence-electron chi connectivity index (χ2n) is 5.70. The first-order valence-corrected chi connectivity index (χ1v) is 6.82. The van der Waals surface area contributed by atoms with Gasteiger partial charge in [0, 0.05) is 25.2 Å². The van der Waals surface area contributed by atoms with Crippen LogP contribution in [0, 0.1) is 0 Å². The Bertz CT molecular complexity index is 500. The molecule has 0 aliphatic heterocycles. The van der Waals surface area contributed by atoms with Crippen molar-refractivity contribution in [1.29, 1.82) is 0 Å². The summed E-state index contributed by atoms with van der Waals surface area (Å²) in [6.07, 6.45) is 5.03. The Balaban J connectivity index is 1.79. The third kappa shape index (κ3) is 3.93. The second kappa shape index (κ2) is 6.02. The van der Waals surface area contributed by atoms with Gasteiger partial charge in [0.2, 0.25) is 0 Å². The molecule has 0 aliphatic rings. The van der Waals surface area contributed by atoms with E-state index in [0.29, 0.717) is 0 Å².